The van der Waals surface area contributed by atoms with Crippen LogP contribution in [0.2, 0.25) is 0 Å². The Kier molecular flexibility index (Phi) is 5.69. The van der Waals surface area contributed by atoms with Crippen LogP contribution in [0.4, 0.5) is 4.39 Å². The van der Waals surface area contributed by atoms with Crippen LogP contribution in [0.15, 0.2) is 22.7 Å². The molecule has 20 heavy (non-hydrogen) atoms. The summed E-state index contributed by atoms with van der Waals surface area (Å²) in [4.78, 5) is 12.4. The van der Waals surface area contributed by atoms with Crippen LogP contribution in [-0.2, 0) is 16.0 Å². The molecule has 1 aliphatic rings. The second-order valence-electron chi connectivity index (χ2n) is 5.10. The van der Waals surface area contributed by atoms with Gasteiger partial charge in [-0.2, -0.15) is 0 Å². The monoisotopic (exact) mass is 343 g/mol. The SMILES string of the molecule is CCCNC1COCC1C(=O)Cc1ccc(F)c(Br)c1. The summed E-state index contributed by atoms with van der Waals surface area (Å²) < 4.78 is 19.0. The van der Waals surface area contributed by atoms with Crippen LogP contribution in [0.1, 0.15) is 18.9 Å². The third kappa shape index (κ3) is 3.87. The van der Waals surface area contributed by atoms with Crippen LogP contribution < -0.4 is 5.32 Å². The fourth-order valence-electron chi connectivity index (χ4n) is 2.38. The molecule has 0 spiro atoms. The maximum Gasteiger partial charge on any atom is 0.144 e. The molecule has 2 rings (SSSR count). The third-order valence-electron chi connectivity index (χ3n) is 3.51. The molecule has 0 bridgehead atoms. The predicted molar refractivity (Wildman–Crippen MR) is 79.2 cm³/mol. The minimum Gasteiger partial charge on any atom is -0.379 e. The van der Waals surface area contributed by atoms with E-state index in [4.69, 9.17) is 4.74 Å². The van der Waals surface area contributed by atoms with E-state index in [-0.39, 0.29) is 23.6 Å². The largest absolute Gasteiger partial charge is 0.379 e. The molecule has 0 radical (unpaired) electrons. The Labute approximate surface area is 127 Å². The van der Waals surface area contributed by atoms with Gasteiger partial charge < -0.3 is 10.1 Å². The van der Waals surface area contributed by atoms with Crippen molar-refractivity contribution in [2.24, 2.45) is 5.92 Å². The van der Waals surface area contributed by atoms with E-state index in [0.29, 0.717) is 24.1 Å². The van der Waals surface area contributed by atoms with Crippen molar-refractivity contribution in [3.8, 4) is 0 Å². The number of hydrogen-bond donors (Lipinski definition) is 1. The van der Waals surface area contributed by atoms with E-state index in [2.05, 4.69) is 28.2 Å². The van der Waals surface area contributed by atoms with Gasteiger partial charge in [-0.1, -0.05) is 13.0 Å². The molecule has 0 aromatic heterocycles. The summed E-state index contributed by atoms with van der Waals surface area (Å²) in [6.07, 6.45) is 1.35. The molecule has 0 aliphatic carbocycles. The summed E-state index contributed by atoms with van der Waals surface area (Å²) >= 11 is 3.14. The second-order valence-corrected chi connectivity index (χ2v) is 5.95. The minimum atomic E-state index is -0.312. The molecule has 0 amide bonds. The van der Waals surface area contributed by atoms with Crippen molar-refractivity contribution in [3.05, 3.63) is 34.1 Å². The Bertz CT molecular complexity index is 481. The highest BCUT2D eigenvalue weighted by atomic mass is 79.9. The first-order valence-electron chi connectivity index (χ1n) is 6.89. The van der Waals surface area contributed by atoms with Crippen molar-refractivity contribution in [1.82, 2.24) is 5.32 Å². The van der Waals surface area contributed by atoms with Crippen LogP contribution in [0.5, 0.6) is 0 Å². The highest BCUT2D eigenvalue weighted by molar-refractivity contribution is 9.10. The summed E-state index contributed by atoms with van der Waals surface area (Å²) in [7, 11) is 0. The van der Waals surface area contributed by atoms with Crippen molar-refractivity contribution >= 4 is 21.7 Å². The first-order valence-corrected chi connectivity index (χ1v) is 7.69. The normalized spacial score (nSPS) is 22.1. The van der Waals surface area contributed by atoms with E-state index >= 15 is 0 Å². The summed E-state index contributed by atoms with van der Waals surface area (Å²) in [6, 6.07) is 4.80. The highest BCUT2D eigenvalue weighted by Crippen LogP contribution is 2.21. The third-order valence-corrected chi connectivity index (χ3v) is 4.12. The van der Waals surface area contributed by atoms with Crippen LogP contribution >= 0.6 is 15.9 Å². The first-order chi connectivity index (χ1) is 9.61. The number of benzene rings is 1. The fraction of sp³-hybridized carbons (Fsp3) is 0.533. The molecule has 1 aromatic rings. The Balaban J connectivity index is 1.98. The van der Waals surface area contributed by atoms with Gasteiger partial charge in [-0.05, 0) is 46.6 Å². The summed E-state index contributed by atoms with van der Waals surface area (Å²) in [5, 5.41) is 3.35. The number of carbonyl (C=O) groups excluding carboxylic acids is 1. The summed E-state index contributed by atoms with van der Waals surface area (Å²) in [5.41, 5.74) is 0.824. The molecule has 1 heterocycles. The van der Waals surface area contributed by atoms with E-state index in [9.17, 15) is 9.18 Å². The Morgan fingerprint density at radius 1 is 1.50 bits per heavy atom. The molecule has 110 valence electrons. The smallest absolute Gasteiger partial charge is 0.144 e. The lowest BCUT2D eigenvalue weighted by Gasteiger charge is -2.17. The molecule has 2 unspecified atom stereocenters. The molecule has 1 N–H and O–H groups in total. The van der Waals surface area contributed by atoms with Gasteiger partial charge in [0.05, 0.1) is 23.6 Å². The average molecular weight is 344 g/mol. The van der Waals surface area contributed by atoms with Crippen molar-refractivity contribution < 1.29 is 13.9 Å². The number of carbonyl (C=O) groups is 1. The molecular weight excluding hydrogens is 325 g/mol. The van der Waals surface area contributed by atoms with Gasteiger partial charge in [0, 0.05) is 12.5 Å². The Morgan fingerprint density at radius 2 is 2.30 bits per heavy atom. The lowest BCUT2D eigenvalue weighted by atomic mass is 9.93. The van der Waals surface area contributed by atoms with Crippen LogP contribution in [0.3, 0.4) is 0 Å². The Hall–Kier alpha value is -0.780. The molecule has 3 nitrogen and oxygen atoms in total. The average Bonchev–Trinajstić information content (AvgIpc) is 2.89. The lowest BCUT2D eigenvalue weighted by molar-refractivity contribution is -0.122. The number of nitrogens with one attached hydrogen (secondary N) is 1. The molecular formula is C15H19BrFNO2. The van der Waals surface area contributed by atoms with Gasteiger partial charge in [0.25, 0.3) is 0 Å². The van der Waals surface area contributed by atoms with Crippen LogP contribution in [0.25, 0.3) is 0 Å². The lowest BCUT2D eigenvalue weighted by Crippen LogP contribution is -2.40. The van der Waals surface area contributed by atoms with Gasteiger partial charge in [-0.25, -0.2) is 4.39 Å². The number of hydrogen-bond acceptors (Lipinski definition) is 3. The number of rotatable bonds is 6. The number of Topliss-reactive ketones (excluding diaryl/α,β-unsaturated/α-hetero) is 1. The zero-order valence-electron chi connectivity index (χ0n) is 11.5. The molecule has 2 atom stereocenters. The quantitative estimate of drug-likeness (QED) is 0.862. The molecule has 1 saturated heterocycles. The second kappa shape index (κ2) is 7.29. The van der Waals surface area contributed by atoms with Crippen LogP contribution in [-0.4, -0.2) is 31.6 Å². The Morgan fingerprint density at radius 3 is 3.00 bits per heavy atom. The van der Waals surface area contributed by atoms with Gasteiger partial charge >= 0.3 is 0 Å². The molecule has 5 heteroatoms. The van der Waals surface area contributed by atoms with Gasteiger partial charge in [-0.3, -0.25) is 4.79 Å². The topological polar surface area (TPSA) is 38.3 Å². The predicted octanol–water partition coefficient (Wildman–Crippen LogP) is 2.71. The van der Waals surface area contributed by atoms with Crippen LogP contribution in [0, 0.1) is 11.7 Å². The van der Waals surface area contributed by atoms with Crippen molar-refractivity contribution in [2.45, 2.75) is 25.8 Å². The van der Waals surface area contributed by atoms with Gasteiger partial charge in [0.1, 0.15) is 11.6 Å². The van der Waals surface area contributed by atoms with Gasteiger partial charge in [0.15, 0.2) is 0 Å². The number of ether oxygens (including phenoxy) is 1. The van der Waals surface area contributed by atoms with Gasteiger partial charge in [-0.15, -0.1) is 0 Å². The highest BCUT2D eigenvalue weighted by Gasteiger charge is 2.33. The van der Waals surface area contributed by atoms with Crippen molar-refractivity contribution in [2.75, 3.05) is 19.8 Å². The van der Waals surface area contributed by atoms with E-state index in [1.165, 1.54) is 6.07 Å². The van der Waals surface area contributed by atoms with E-state index in [0.717, 1.165) is 18.5 Å². The number of ketones is 1. The number of halogens is 2. The van der Waals surface area contributed by atoms with Crippen molar-refractivity contribution in [1.29, 1.82) is 0 Å². The fourth-order valence-corrected chi connectivity index (χ4v) is 2.81. The molecule has 1 aromatic carbocycles. The standard InChI is InChI=1S/C15H19BrFNO2/c1-2-5-18-14-9-20-8-11(14)15(19)7-10-3-4-13(17)12(16)6-10/h3-4,6,11,14,18H,2,5,7-9H2,1H3. The molecule has 0 saturated carbocycles. The zero-order chi connectivity index (χ0) is 14.5. The minimum absolute atomic E-state index is 0.103. The molecule has 1 fully saturated rings. The summed E-state index contributed by atoms with van der Waals surface area (Å²) in [6.45, 7) is 4.04. The van der Waals surface area contributed by atoms with E-state index in [1.54, 1.807) is 12.1 Å². The first kappa shape index (κ1) is 15.6. The molecule has 1 aliphatic heterocycles. The van der Waals surface area contributed by atoms with Crippen molar-refractivity contribution in [3.63, 3.8) is 0 Å². The maximum absolute atomic E-state index is 13.2. The van der Waals surface area contributed by atoms with Gasteiger partial charge in [0.2, 0.25) is 0 Å². The maximum atomic E-state index is 13.2. The summed E-state index contributed by atoms with van der Waals surface area (Å²) in [5.74, 6) is -0.270. The van der Waals surface area contributed by atoms with E-state index < -0.39 is 0 Å². The zero-order valence-corrected chi connectivity index (χ0v) is 13.1. The van der Waals surface area contributed by atoms with E-state index in [1.807, 2.05) is 0 Å².